The lowest BCUT2D eigenvalue weighted by Crippen LogP contribution is -2.01. The quantitative estimate of drug-likeness (QED) is 0.394. The zero-order valence-corrected chi connectivity index (χ0v) is 15.5. The molecule has 0 bridgehead atoms. The first kappa shape index (κ1) is 17.5. The molecule has 0 fully saturated rings. The van der Waals surface area contributed by atoms with Crippen LogP contribution in [-0.2, 0) is 9.53 Å². The minimum absolute atomic E-state index is 0.211. The Morgan fingerprint density at radius 1 is 0.852 bits per heavy atom. The Kier molecular flexibility index (Phi) is 4.80. The van der Waals surface area contributed by atoms with Gasteiger partial charge in [-0.15, -0.1) is 0 Å². The van der Waals surface area contributed by atoms with Crippen molar-refractivity contribution in [3.8, 4) is 0 Å². The molecule has 0 aliphatic carbocycles. The van der Waals surface area contributed by atoms with Gasteiger partial charge in [0.25, 0.3) is 0 Å². The molecule has 4 rings (SSSR count). The first-order valence-corrected chi connectivity index (χ1v) is 9.00. The van der Waals surface area contributed by atoms with Crippen molar-refractivity contribution in [3.63, 3.8) is 0 Å². The molecule has 0 saturated heterocycles. The number of aliphatic imine (C=N–C) groups is 1. The summed E-state index contributed by atoms with van der Waals surface area (Å²) in [5, 5.41) is 3.04. The van der Waals surface area contributed by atoms with Crippen LogP contribution in [-0.4, -0.2) is 11.9 Å². The molecule has 27 heavy (non-hydrogen) atoms. The Morgan fingerprint density at radius 2 is 1.59 bits per heavy atom. The minimum Gasteiger partial charge on any atom is -0.403 e. The smallest absolute Gasteiger partial charge is 0.363 e. The van der Waals surface area contributed by atoms with Crippen molar-refractivity contribution in [2.24, 2.45) is 4.99 Å². The lowest BCUT2D eigenvalue weighted by Gasteiger charge is -2.01. The first-order valence-electron chi connectivity index (χ1n) is 8.24. The molecule has 1 aliphatic rings. The summed E-state index contributed by atoms with van der Waals surface area (Å²) >= 11 is 12.2. The third-order valence-corrected chi connectivity index (χ3v) is 4.97. The van der Waals surface area contributed by atoms with Crippen LogP contribution in [0.2, 0.25) is 10.0 Å². The Labute approximate surface area is 166 Å². The van der Waals surface area contributed by atoms with Crippen molar-refractivity contribution in [3.05, 3.63) is 93.6 Å². The molecule has 0 N–H and O–H groups in total. The number of carbonyl (C=O) groups is 1. The molecule has 3 nitrogen and oxygen atoms in total. The van der Waals surface area contributed by atoms with E-state index in [0.717, 1.165) is 21.9 Å². The number of nitrogens with zero attached hydrogens (tertiary/aromatic N) is 1. The second kappa shape index (κ2) is 7.39. The molecule has 0 amide bonds. The Morgan fingerprint density at radius 3 is 2.48 bits per heavy atom. The Bertz CT molecular complexity index is 1140. The summed E-state index contributed by atoms with van der Waals surface area (Å²) in [7, 11) is 0. The number of esters is 1. The fourth-order valence-corrected chi connectivity index (χ4v) is 3.20. The number of halogens is 2. The van der Waals surface area contributed by atoms with Crippen molar-refractivity contribution < 1.29 is 9.53 Å². The molecule has 0 saturated carbocycles. The van der Waals surface area contributed by atoms with E-state index >= 15 is 0 Å². The highest BCUT2D eigenvalue weighted by Gasteiger charge is 2.21. The van der Waals surface area contributed by atoms with Crippen molar-refractivity contribution >= 4 is 58.0 Å². The van der Waals surface area contributed by atoms with Crippen molar-refractivity contribution in [1.29, 1.82) is 0 Å². The summed E-state index contributed by atoms with van der Waals surface area (Å²) in [5.74, 6) is -0.276. The van der Waals surface area contributed by atoms with Gasteiger partial charge in [-0.1, -0.05) is 77.8 Å². The van der Waals surface area contributed by atoms with Gasteiger partial charge in [-0.05, 0) is 40.1 Å². The third-order valence-electron chi connectivity index (χ3n) is 4.14. The molecule has 1 aliphatic heterocycles. The molecular weight excluding hydrogens is 381 g/mol. The maximum atomic E-state index is 12.2. The molecular formula is C22H13Cl2NO2. The van der Waals surface area contributed by atoms with E-state index < -0.39 is 5.97 Å². The number of carbonyl (C=O) groups excluding carboxylic acids is 1. The fraction of sp³-hybridized carbons (Fsp3) is 0. The summed E-state index contributed by atoms with van der Waals surface area (Å²) < 4.78 is 5.23. The van der Waals surface area contributed by atoms with Gasteiger partial charge in [-0.2, -0.15) is 0 Å². The van der Waals surface area contributed by atoms with E-state index in [1.54, 1.807) is 30.4 Å². The van der Waals surface area contributed by atoms with Crippen LogP contribution >= 0.6 is 23.2 Å². The van der Waals surface area contributed by atoms with E-state index in [4.69, 9.17) is 27.9 Å². The van der Waals surface area contributed by atoms with Crippen LogP contribution in [0, 0.1) is 0 Å². The first-order chi connectivity index (χ1) is 13.1. The van der Waals surface area contributed by atoms with Gasteiger partial charge in [0, 0.05) is 6.08 Å². The molecule has 0 aromatic heterocycles. The Balaban J connectivity index is 1.66. The number of fused-ring (bicyclic) bond motifs is 1. The van der Waals surface area contributed by atoms with E-state index in [9.17, 15) is 4.79 Å². The zero-order valence-electron chi connectivity index (χ0n) is 14.0. The number of hydrogen-bond acceptors (Lipinski definition) is 3. The molecule has 0 spiro atoms. The molecule has 3 aromatic rings. The summed E-state index contributed by atoms with van der Waals surface area (Å²) in [6, 6.07) is 19.2. The molecule has 132 valence electrons. The molecule has 3 aromatic carbocycles. The van der Waals surface area contributed by atoms with Gasteiger partial charge < -0.3 is 4.74 Å². The van der Waals surface area contributed by atoms with Crippen LogP contribution in [0.25, 0.3) is 22.9 Å². The van der Waals surface area contributed by atoms with Gasteiger partial charge >= 0.3 is 5.97 Å². The normalized spacial score (nSPS) is 15.6. The zero-order chi connectivity index (χ0) is 18.8. The van der Waals surface area contributed by atoms with Crippen LogP contribution < -0.4 is 0 Å². The minimum atomic E-state index is -0.486. The SMILES string of the molecule is O=C1OC(/C=C/c2cccc(Cl)c2Cl)=NC/1=C\c1cccc2ccccc12. The highest BCUT2D eigenvalue weighted by atomic mass is 35.5. The summed E-state index contributed by atoms with van der Waals surface area (Å²) in [6.07, 6.45) is 5.04. The maximum Gasteiger partial charge on any atom is 0.363 e. The highest BCUT2D eigenvalue weighted by molar-refractivity contribution is 6.42. The average Bonchev–Trinajstić information content (AvgIpc) is 3.03. The summed E-state index contributed by atoms with van der Waals surface area (Å²) in [5.41, 5.74) is 1.88. The molecule has 0 unspecified atom stereocenters. The van der Waals surface area contributed by atoms with Gasteiger partial charge in [0.2, 0.25) is 5.90 Å². The van der Waals surface area contributed by atoms with Crippen molar-refractivity contribution in [2.75, 3.05) is 0 Å². The lowest BCUT2D eigenvalue weighted by molar-refractivity contribution is -0.129. The van der Waals surface area contributed by atoms with E-state index in [1.807, 2.05) is 48.5 Å². The number of hydrogen-bond donors (Lipinski definition) is 0. The molecule has 1 heterocycles. The summed E-state index contributed by atoms with van der Waals surface area (Å²) in [6.45, 7) is 0. The van der Waals surface area contributed by atoms with Gasteiger partial charge in [-0.25, -0.2) is 9.79 Å². The van der Waals surface area contributed by atoms with Gasteiger partial charge in [-0.3, -0.25) is 0 Å². The number of cyclic esters (lactones) is 1. The molecule has 5 heteroatoms. The van der Waals surface area contributed by atoms with Gasteiger partial charge in [0.1, 0.15) is 0 Å². The van der Waals surface area contributed by atoms with Gasteiger partial charge in [0.05, 0.1) is 10.0 Å². The number of rotatable bonds is 3. The van der Waals surface area contributed by atoms with E-state index in [2.05, 4.69) is 4.99 Å². The van der Waals surface area contributed by atoms with Crippen LogP contribution in [0.15, 0.2) is 77.4 Å². The lowest BCUT2D eigenvalue weighted by atomic mass is 10.0. The second-order valence-corrected chi connectivity index (χ2v) is 6.70. The standard InChI is InChI=1S/C22H13Cl2NO2/c23-18-10-4-7-15(21(18)24)11-12-20-25-19(22(26)27-20)13-16-8-3-6-14-5-1-2-9-17(14)16/h1-13H/b12-11+,19-13-. The van der Waals surface area contributed by atoms with Crippen molar-refractivity contribution in [1.82, 2.24) is 0 Å². The van der Waals surface area contributed by atoms with E-state index in [-0.39, 0.29) is 11.6 Å². The molecule has 0 atom stereocenters. The fourth-order valence-electron chi connectivity index (χ4n) is 2.83. The predicted octanol–water partition coefficient (Wildman–Crippen LogP) is 6.16. The third kappa shape index (κ3) is 3.65. The topological polar surface area (TPSA) is 38.7 Å². The van der Waals surface area contributed by atoms with Crippen molar-refractivity contribution in [2.45, 2.75) is 0 Å². The van der Waals surface area contributed by atoms with Crippen LogP contribution in [0.3, 0.4) is 0 Å². The van der Waals surface area contributed by atoms with Gasteiger partial charge in [0.15, 0.2) is 5.70 Å². The number of benzene rings is 3. The average molecular weight is 394 g/mol. The molecule has 0 radical (unpaired) electrons. The Hall–Kier alpha value is -2.88. The number of ether oxygens (including phenoxy) is 1. The monoisotopic (exact) mass is 393 g/mol. The van der Waals surface area contributed by atoms with Crippen LogP contribution in [0.5, 0.6) is 0 Å². The summed E-state index contributed by atoms with van der Waals surface area (Å²) in [4.78, 5) is 16.5. The largest absolute Gasteiger partial charge is 0.403 e. The van der Waals surface area contributed by atoms with E-state index in [1.165, 1.54) is 0 Å². The maximum absolute atomic E-state index is 12.2. The van der Waals surface area contributed by atoms with E-state index in [0.29, 0.717) is 10.0 Å². The highest BCUT2D eigenvalue weighted by Crippen LogP contribution is 2.27. The predicted molar refractivity (Wildman–Crippen MR) is 111 cm³/mol. The second-order valence-electron chi connectivity index (χ2n) is 5.91. The van der Waals surface area contributed by atoms with Crippen LogP contribution in [0.4, 0.5) is 0 Å². The van der Waals surface area contributed by atoms with Crippen LogP contribution in [0.1, 0.15) is 11.1 Å².